The molecule has 0 saturated heterocycles. The normalized spacial score (nSPS) is 12.7. The highest BCUT2D eigenvalue weighted by atomic mass is 32.1. The molecule has 5 heteroatoms. The van der Waals surface area contributed by atoms with Crippen molar-refractivity contribution in [2.75, 3.05) is 5.32 Å². The van der Waals surface area contributed by atoms with Crippen LogP contribution in [0.4, 0.5) is 14.5 Å². The number of thiazole rings is 1. The van der Waals surface area contributed by atoms with Crippen molar-refractivity contribution in [2.45, 2.75) is 26.3 Å². The Kier molecular flexibility index (Phi) is 3.91. The number of benzene rings is 1. The zero-order valence-corrected chi connectivity index (χ0v) is 11.0. The minimum atomic E-state index is -2.38. The summed E-state index contributed by atoms with van der Waals surface area (Å²) in [5.41, 5.74) is 2.50. The third-order valence-electron chi connectivity index (χ3n) is 2.55. The molecule has 0 aliphatic heterocycles. The lowest BCUT2D eigenvalue weighted by Gasteiger charge is -2.14. The summed E-state index contributed by atoms with van der Waals surface area (Å²) in [6.45, 7) is 3.40. The standard InChI is InChI=1S/C13H14F2N2S/c1-8(13(14)15)16-11-5-3-4-10(6-11)12-7-18-9(2)17-12/h3-8,13,16H,1-2H3. The van der Waals surface area contributed by atoms with Gasteiger partial charge in [-0.2, -0.15) is 0 Å². The smallest absolute Gasteiger partial charge is 0.258 e. The predicted octanol–water partition coefficient (Wildman–Crippen LogP) is 4.18. The first-order valence-corrected chi connectivity index (χ1v) is 6.51. The molecule has 2 aromatic rings. The number of hydrogen-bond acceptors (Lipinski definition) is 3. The number of aryl methyl sites for hydroxylation is 1. The van der Waals surface area contributed by atoms with Crippen LogP contribution in [0.5, 0.6) is 0 Å². The molecule has 0 fully saturated rings. The lowest BCUT2D eigenvalue weighted by atomic mass is 10.1. The Hall–Kier alpha value is -1.49. The lowest BCUT2D eigenvalue weighted by molar-refractivity contribution is 0.131. The van der Waals surface area contributed by atoms with Gasteiger partial charge in [-0.1, -0.05) is 12.1 Å². The van der Waals surface area contributed by atoms with Gasteiger partial charge in [-0.25, -0.2) is 13.8 Å². The summed E-state index contributed by atoms with van der Waals surface area (Å²) in [5, 5.41) is 5.74. The molecular weight excluding hydrogens is 254 g/mol. The summed E-state index contributed by atoms with van der Waals surface area (Å²) in [7, 11) is 0. The zero-order chi connectivity index (χ0) is 13.1. The molecule has 0 aliphatic carbocycles. The van der Waals surface area contributed by atoms with Gasteiger partial charge in [-0.05, 0) is 26.0 Å². The van der Waals surface area contributed by atoms with Crippen LogP contribution in [-0.4, -0.2) is 17.5 Å². The van der Waals surface area contributed by atoms with Crippen LogP contribution in [-0.2, 0) is 0 Å². The number of alkyl halides is 2. The molecule has 1 unspecified atom stereocenters. The van der Waals surface area contributed by atoms with Crippen LogP contribution in [0.25, 0.3) is 11.3 Å². The van der Waals surface area contributed by atoms with Gasteiger partial charge in [0, 0.05) is 16.6 Å². The van der Waals surface area contributed by atoms with Crippen molar-refractivity contribution in [3.8, 4) is 11.3 Å². The summed E-state index contributed by atoms with van der Waals surface area (Å²) >= 11 is 1.57. The Morgan fingerprint density at radius 1 is 1.33 bits per heavy atom. The van der Waals surface area contributed by atoms with Crippen LogP contribution < -0.4 is 5.32 Å². The van der Waals surface area contributed by atoms with Crippen LogP contribution >= 0.6 is 11.3 Å². The first-order chi connectivity index (χ1) is 8.56. The maximum absolute atomic E-state index is 12.5. The van der Waals surface area contributed by atoms with Crippen molar-refractivity contribution >= 4 is 17.0 Å². The zero-order valence-electron chi connectivity index (χ0n) is 10.2. The van der Waals surface area contributed by atoms with E-state index in [1.54, 1.807) is 17.4 Å². The molecule has 2 nitrogen and oxygen atoms in total. The van der Waals surface area contributed by atoms with Gasteiger partial charge in [0.15, 0.2) is 0 Å². The van der Waals surface area contributed by atoms with Gasteiger partial charge in [-0.3, -0.25) is 0 Å². The summed E-state index contributed by atoms with van der Waals surface area (Å²) in [6.07, 6.45) is -2.38. The molecule has 1 aromatic heterocycles. The van der Waals surface area contributed by atoms with Crippen molar-refractivity contribution < 1.29 is 8.78 Å². The van der Waals surface area contributed by atoms with Gasteiger partial charge in [0.2, 0.25) is 0 Å². The molecule has 0 saturated carbocycles. The summed E-state index contributed by atoms with van der Waals surface area (Å²) in [5.74, 6) is 0. The molecule has 1 aromatic carbocycles. The first-order valence-electron chi connectivity index (χ1n) is 5.63. The highest BCUT2D eigenvalue weighted by Gasteiger charge is 2.14. The van der Waals surface area contributed by atoms with E-state index in [4.69, 9.17) is 0 Å². The predicted molar refractivity (Wildman–Crippen MR) is 71.4 cm³/mol. The number of rotatable bonds is 4. The molecule has 0 radical (unpaired) electrons. The Bertz CT molecular complexity index is 525. The monoisotopic (exact) mass is 268 g/mol. The van der Waals surface area contributed by atoms with E-state index in [0.717, 1.165) is 16.3 Å². The maximum Gasteiger partial charge on any atom is 0.258 e. The molecule has 0 amide bonds. The van der Waals surface area contributed by atoms with E-state index in [1.165, 1.54) is 6.92 Å². The second-order valence-corrected chi connectivity index (χ2v) is 5.16. The summed E-state index contributed by atoms with van der Waals surface area (Å²) in [6, 6.07) is 6.52. The topological polar surface area (TPSA) is 24.9 Å². The van der Waals surface area contributed by atoms with E-state index in [0.29, 0.717) is 5.69 Å². The number of nitrogens with zero attached hydrogens (tertiary/aromatic N) is 1. The summed E-state index contributed by atoms with van der Waals surface area (Å²) < 4.78 is 24.9. The Labute approximate surface area is 109 Å². The molecule has 1 N–H and O–H groups in total. The minimum Gasteiger partial charge on any atom is -0.377 e. The Morgan fingerprint density at radius 3 is 2.72 bits per heavy atom. The minimum absolute atomic E-state index is 0.686. The average molecular weight is 268 g/mol. The van der Waals surface area contributed by atoms with E-state index >= 15 is 0 Å². The van der Waals surface area contributed by atoms with Crippen LogP contribution in [0.3, 0.4) is 0 Å². The number of nitrogens with one attached hydrogen (secondary N) is 1. The second kappa shape index (κ2) is 5.44. The number of halogens is 2. The van der Waals surface area contributed by atoms with Gasteiger partial charge in [-0.15, -0.1) is 11.3 Å². The fraction of sp³-hybridized carbons (Fsp3) is 0.308. The van der Waals surface area contributed by atoms with Crippen LogP contribution in [0, 0.1) is 6.92 Å². The lowest BCUT2D eigenvalue weighted by Crippen LogP contribution is -2.23. The van der Waals surface area contributed by atoms with E-state index in [9.17, 15) is 8.78 Å². The van der Waals surface area contributed by atoms with Gasteiger partial charge in [0.05, 0.1) is 16.7 Å². The molecule has 0 bridgehead atoms. The van der Waals surface area contributed by atoms with Crippen molar-refractivity contribution in [2.24, 2.45) is 0 Å². The molecule has 0 aliphatic rings. The molecule has 1 heterocycles. The molecular formula is C13H14F2N2S. The van der Waals surface area contributed by atoms with E-state index < -0.39 is 12.5 Å². The third kappa shape index (κ3) is 3.04. The molecule has 2 rings (SSSR count). The van der Waals surface area contributed by atoms with E-state index in [1.807, 2.05) is 30.5 Å². The SMILES string of the molecule is Cc1nc(-c2cccc(NC(C)C(F)F)c2)cs1. The second-order valence-electron chi connectivity index (χ2n) is 4.10. The van der Waals surface area contributed by atoms with Crippen molar-refractivity contribution in [1.82, 2.24) is 4.98 Å². The van der Waals surface area contributed by atoms with Gasteiger partial charge >= 0.3 is 0 Å². The van der Waals surface area contributed by atoms with Crippen LogP contribution in [0.15, 0.2) is 29.6 Å². The molecule has 96 valence electrons. The maximum atomic E-state index is 12.5. The number of aromatic nitrogens is 1. The molecule has 0 spiro atoms. The largest absolute Gasteiger partial charge is 0.377 e. The van der Waals surface area contributed by atoms with Crippen molar-refractivity contribution in [3.63, 3.8) is 0 Å². The fourth-order valence-corrected chi connectivity index (χ4v) is 2.21. The van der Waals surface area contributed by atoms with Gasteiger partial charge < -0.3 is 5.32 Å². The van der Waals surface area contributed by atoms with Gasteiger partial charge in [0.25, 0.3) is 6.43 Å². The van der Waals surface area contributed by atoms with Crippen LogP contribution in [0.2, 0.25) is 0 Å². The average Bonchev–Trinajstić information content (AvgIpc) is 2.76. The van der Waals surface area contributed by atoms with Crippen molar-refractivity contribution in [3.05, 3.63) is 34.7 Å². The van der Waals surface area contributed by atoms with E-state index in [2.05, 4.69) is 10.3 Å². The van der Waals surface area contributed by atoms with Crippen LogP contribution in [0.1, 0.15) is 11.9 Å². The fourth-order valence-electron chi connectivity index (χ4n) is 1.59. The number of anilines is 1. The summed E-state index contributed by atoms with van der Waals surface area (Å²) in [4.78, 5) is 4.38. The third-order valence-corrected chi connectivity index (χ3v) is 3.32. The highest BCUT2D eigenvalue weighted by Crippen LogP contribution is 2.24. The highest BCUT2D eigenvalue weighted by molar-refractivity contribution is 7.09. The van der Waals surface area contributed by atoms with Crippen molar-refractivity contribution in [1.29, 1.82) is 0 Å². The molecule has 18 heavy (non-hydrogen) atoms. The molecule has 1 atom stereocenters. The Balaban J connectivity index is 2.20. The van der Waals surface area contributed by atoms with E-state index in [-0.39, 0.29) is 0 Å². The quantitative estimate of drug-likeness (QED) is 0.899. The van der Waals surface area contributed by atoms with Gasteiger partial charge in [0.1, 0.15) is 0 Å². The Morgan fingerprint density at radius 2 is 2.11 bits per heavy atom. The first kappa shape index (κ1) is 13.0. The number of hydrogen-bond donors (Lipinski definition) is 1.